The fourth-order valence-corrected chi connectivity index (χ4v) is 5.29. The highest BCUT2D eigenvalue weighted by molar-refractivity contribution is 5.98. The minimum atomic E-state index is -1.18. The number of carbonyl (C=O) groups excluding carboxylic acids is 2. The monoisotopic (exact) mass is 513 g/mol. The van der Waals surface area contributed by atoms with Crippen LogP contribution >= 0.6 is 0 Å². The normalized spacial score (nSPS) is 19.6. The number of primary amides is 1. The van der Waals surface area contributed by atoms with Crippen LogP contribution in [0, 0.1) is 11.7 Å². The average molecular weight is 514 g/mol. The van der Waals surface area contributed by atoms with Crippen LogP contribution in [0.15, 0.2) is 42.5 Å². The third-order valence-electron chi connectivity index (χ3n) is 7.27. The van der Waals surface area contributed by atoms with E-state index in [9.17, 15) is 18.4 Å². The SMILES string of the molecule is CC(C)(F)CN1CCC(COc2ccc(-c3ccc(C(=O)N4CCCC[C@@H]4C(N)=O)c(F)c3)cc2)CC1. The fraction of sp³-hybridized carbons (Fsp3) is 0.517. The minimum absolute atomic E-state index is 0.0574. The molecule has 1 atom stereocenters. The molecule has 0 spiro atoms. The van der Waals surface area contributed by atoms with Gasteiger partial charge in [-0.15, -0.1) is 0 Å². The number of amides is 2. The summed E-state index contributed by atoms with van der Waals surface area (Å²) in [6.07, 6.45) is 4.05. The lowest BCUT2D eigenvalue weighted by Gasteiger charge is -2.34. The molecule has 0 radical (unpaired) electrons. The van der Waals surface area contributed by atoms with Gasteiger partial charge < -0.3 is 20.3 Å². The molecule has 2 amide bonds. The molecular weight excluding hydrogens is 476 g/mol. The van der Waals surface area contributed by atoms with Crippen molar-refractivity contribution in [2.45, 2.75) is 57.7 Å². The maximum Gasteiger partial charge on any atom is 0.257 e. The zero-order valence-electron chi connectivity index (χ0n) is 21.7. The molecule has 2 fully saturated rings. The number of nitrogens with zero attached hydrogens (tertiary/aromatic N) is 2. The molecule has 0 aliphatic carbocycles. The molecule has 2 aromatic rings. The summed E-state index contributed by atoms with van der Waals surface area (Å²) in [6, 6.07) is 11.3. The maximum absolute atomic E-state index is 15.0. The number of hydrogen-bond acceptors (Lipinski definition) is 4. The number of hydrogen-bond donors (Lipinski definition) is 1. The largest absolute Gasteiger partial charge is 0.493 e. The first-order valence-electron chi connectivity index (χ1n) is 13.1. The van der Waals surface area contributed by atoms with Crippen LogP contribution in [-0.4, -0.2) is 66.1 Å². The molecule has 8 heteroatoms. The van der Waals surface area contributed by atoms with Crippen molar-refractivity contribution in [1.29, 1.82) is 0 Å². The number of likely N-dealkylation sites (tertiary alicyclic amines) is 2. The molecular formula is C29H37F2N3O3. The Morgan fingerprint density at radius 3 is 2.30 bits per heavy atom. The van der Waals surface area contributed by atoms with E-state index in [1.165, 1.54) is 17.0 Å². The predicted molar refractivity (Wildman–Crippen MR) is 140 cm³/mol. The number of carbonyl (C=O) groups is 2. The lowest BCUT2D eigenvalue weighted by Crippen LogP contribution is -2.50. The van der Waals surface area contributed by atoms with Crippen LogP contribution in [0.5, 0.6) is 5.75 Å². The van der Waals surface area contributed by atoms with Crippen molar-refractivity contribution in [2.75, 3.05) is 32.8 Å². The topological polar surface area (TPSA) is 75.9 Å². The molecule has 2 heterocycles. The number of halogens is 2. The zero-order chi connectivity index (χ0) is 26.6. The lowest BCUT2D eigenvalue weighted by molar-refractivity contribution is -0.123. The second kappa shape index (κ2) is 11.6. The molecule has 37 heavy (non-hydrogen) atoms. The first kappa shape index (κ1) is 27.0. The molecule has 2 saturated heterocycles. The van der Waals surface area contributed by atoms with Gasteiger partial charge in [0.15, 0.2) is 0 Å². The van der Waals surface area contributed by atoms with Gasteiger partial charge in [-0.2, -0.15) is 0 Å². The Morgan fingerprint density at radius 1 is 1.00 bits per heavy atom. The third-order valence-corrected chi connectivity index (χ3v) is 7.27. The number of nitrogens with two attached hydrogens (primary N) is 1. The van der Waals surface area contributed by atoms with Crippen LogP contribution in [-0.2, 0) is 4.79 Å². The van der Waals surface area contributed by atoms with Crippen LogP contribution in [0.3, 0.4) is 0 Å². The quantitative estimate of drug-likeness (QED) is 0.550. The van der Waals surface area contributed by atoms with E-state index in [0.29, 0.717) is 37.6 Å². The van der Waals surface area contributed by atoms with E-state index in [-0.39, 0.29) is 5.56 Å². The molecule has 200 valence electrons. The fourth-order valence-electron chi connectivity index (χ4n) is 5.29. The number of benzene rings is 2. The Labute approximate surface area is 217 Å². The predicted octanol–water partition coefficient (Wildman–Crippen LogP) is 4.81. The number of alkyl halides is 1. The Hall–Kier alpha value is -3.00. The average Bonchev–Trinajstić information content (AvgIpc) is 2.87. The van der Waals surface area contributed by atoms with Gasteiger partial charge in [-0.25, -0.2) is 8.78 Å². The van der Waals surface area contributed by atoms with E-state index in [1.54, 1.807) is 19.9 Å². The first-order chi connectivity index (χ1) is 17.6. The molecule has 0 aromatic heterocycles. The van der Waals surface area contributed by atoms with E-state index < -0.39 is 29.3 Å². The van der Waals surface area contributed by atoms with Gasteiger partial charge >= 0.3 is 0 Å². The van der Waals surface area contributed by atoms with Crippen molar-refractivity contribution in [1.82, 2.24) is 9.80 Å². The molecule has 6 nitrogen and oxygen atoms in total. The van der Waals surface area contributed by atoms with Crippen molar-refractivity contribution in [3.8, 4) is 16.9 Å². The minimum Gasteiger partial charge on any atom is -0.493 e. The summed E-state index contributed by atoms with van der Waals surface area (Å²) < 4.78 is 34.8. The Balaban J connectivity index is 1.33. The van der Waals surface area contributed by atoms with Gasteiger partial charge in [0.2, 0.25) is 5.91 Å². The van der Waals surface area contributed by atoms with Gasteiger partial charge in [-0.3, -0.25) is 9.59 Å². The molecule has 0 unspecified atom stereocenters. The summed E-state index contributed by atoms with van der Waals surface area (Å²) in [6.45, 7) is 6.46. The van der Waals surface area contributed by atoms with Crippen molar-refractivity contribution in [2.24, 2.45) is 11.7 Å². The van der Waals surface area contributed by atoms with E-state index in [2.05, 4.69) is 4.90 Å². The number of rotatable bonds is 8. The van der Waals surface area contributed by atoms with E-state index in [4.69, 9.17) is 10.5 Å². The van der Waals surface area contributed by atoms with Crippen molar-refractivity contribution in [3.05, 3.63) is 53.8 Å². The second-order valence-corrected chi connectivity index (χ2v) is 10.9. The van der Waals surface area contributed by atoms with E-state index in [1.807, 2.05) is 24.3 Å². The van der Waals surface area contributed by atoms with Gasteiger partial charge in [0.25, 0.3) is 5.91 Å². The molecule has 2 aromatic carbocycles. The van der Waals surface area contributed by atoms with E-state index in [0.717, 1.165) is 50.1 Å². The number of ether oxygens (including phenoxy) is 1. The summed E-state index contributed by atoms with van der Waals surface area (Å²) in [4.78, 5) is 28.3. The molecule has 4 rings (SSSR count). The van der Waals surface area contributed by atoms with Crippen molar-refractivity contribution < 1.29 is 23.1 Å². The molecule has 2 N–H and O–H groups in total. The summed E-state index contributed by atoms with van der Waals surface area (Å²) >= 11 is 0. The van der Waals surface area contributed by atoms with E-state index >= 15 is 0 Å². The van der Waals surface area contributed by atoms with Crippen LogP contribution in [0.4, 0.5) is 8.78 Å². The molecule has 0 bridgehead atoms. The second-order valence-electron chi connectivity index (χ2n) is 10.9. The summed E-state index contributed by atoms with van der Waals surface area (Å²) in [5.74, 6) is -0.508. The Kier molecular flexibility index (Phi) is 8.47. The third kappa shape index (κ3) is 7.06. The van der Waals surface area contributed by atoms with Crippen LogP contribution < -0.4 is 10.5 Å². The smallest absolute Gasteiger partial charge is 0.257 e. The Bertz CT molecular complexity index is 1090. The number of piperidine rings is 2. The van der Waals surface area contributed by atoms with Gasteiger partial charge in [0, 0.05) is 13.1 Å². The molecule has 2 aliphatic heterocycles. The van der Waals surface area contributed by atoms with Crippen molar-refractivity contribution >= 4 is 11.8 Å². The standard InChI is InChI=1S/C29H37F2N3O3/c1-29(2,31)19-33-15-12-20(13-16-33)18-37-23-9-6-21(7-10-23)22-8-11-24(25(30)17-22)28(36)34-14-4-3-5-26(34)27(32)35/h6-11,17,20,26H,3-5,12-16,18-19H2,1-2H3,(H2,32,35)/t26-/m1/s1. The zero-order valence-corrected chi connectivity index (χ0v) is 21.7. The van der Waals surface area contributed by atoms with Crippen LogP contribution in [0.1, 0.15) is 56.3 Å². The molecule has 2 aliphatic rings. The lowest BCUT2D eigenvalue weighted by atomic mass is 9.96. The van der Waals surface area contributed by atoms with Crippen LogP contribution in [0.25, 0.3) is 11.1 Å². The van der Waals surface area contributed by atoms with Crippen LogP contribution in [0.2, 0.25) is 0 Å². The van der Waals surface area contributed by atoms with Gasteiger partial charge in [0.05, 0.1) is 12.2 Å². The molecule has 0 saturated carbocycles. The maximum atomic E-state index is 15.0. The van der Waals surface area contributed by atoms with Crippen molar-refractivity contribution in [3.63, 3.8) is 0 Å². The van der Waals surface area contributed by atoms with Gasteiger partial charge in [-0.05, 0) is 100 Å². The highest BCUT2D eigenvalue weighted by Gasteiger charge is 2.32. The summed E-state index contributed by atoms with van der Waals surface area (Å²) in [7, 11) is 0. The highest BCUT2D eigenvalue weighted by atomic mass is 19.1. The Morgan fingerprint density at radius 2 is 1.68 bits per heavy atom. The summed E-state index contributed by atoms with van der Waals surface area (Å²) in [5.41, 5.74) is 5.68. The first-order valence-corrected chi connectivity index (χ1v) is 13.1. The van der Waals surface area contributed by atoms with Gasteiger partial charge in [0.1, 0.15) is 23.3 Å². The highest BCUT2D eigenvalue weighted by Crippen LogP contribution is 2.27. The van der Waals surface area contributed by atoms with Gasteiger partial charge in [-0.1, -0.05) is 18.2 Å². The summed E-state index contributed by atoms with van der Waals surface area (Å²) in [5, 5.41) is 0.